The van der Waals surface area contributed by atoms with Gasteiger partial charge in [0.15, 0.2) is 0 Å². The lowest BCUT2D eigenvalue weighted by Gasteiger charge is -2.28. The van der Waals surface area contributed by atoms with Gasteiger partial charge in [-0.1, -0.05) is 39.0 Å². The molecular formula is C24H29FN4. The van der Waals surface area contributed by atoms with Gasteiger partial charge in [0.2, 0.25) is 0 Å². The number of nitrogens with two attached hydrogens (primary N) is 1. The highest BCUT2D eigenvalue weighted by molar-refractivity contribution is 5.89. The maximum absolute atomic E-state index is 15.5. The molecule has 1 aromatic heterocycles. The zero-order valence-electron chi connectivity index (χ0n) is 17.3. The second kappa shape index (κ2) is 9.59. The van der Waals surface area contributed by atoms with E-state index in [2.05, 4.69) is 33.7 Å². The summed E-state index contributed by atoms with van der Waals surface area (Å²) in [5, 5.41) is 0. The Morgan fingerprint density at radius 1 is 1.17 bits per heavy atom. The molecule has 2 aliphatic rings. The Morgan fingerprint density at radius 3 is 2.55 bits per heavy atom. The monoisotopic (exact) mass is 392 g/mol. The van der Waals surface area contributed by atoms with Gasteiger partial charge in [0.05, 0.1) is 23.8 Å². The van der Waals surface area contributed by atoms with Crippen LogP contribution in [0.1, 0.15) is 63.0 Å². The van der Waals surface area contributed by atoms with Crippen LogP contribution in [0.3, 0.4) is 0 Å². The molecule has 0 bridgehead atoms. The number of allylic oxidation sites excluding steroid dienone is 2. The van der Waals surface area contributed by atoms with Crippen molar-refractivity contribution in [2.75, 3.05) is 5.73 Å². The maximum atomic E-state index is 15.5. The number of halogens is 1. The van der Waals surface area contributed by atoms with Crippen molar-refractivity contribution in [1.82, 2.24) is 9.97 Å². The zero-order valence-corrected chi connectivity index (χ0v) is 17.3. The highest BCUT2D eigenvalue weighted by atomic mass is 19.1. The number of hydrogen-bond donors (Lipinski definition) is 1. The predicted molar refractivity (Wildman–Crippen MR) is 118 cm³/mol. The first-order valence-electron chi connectivity index (χ1n) is 10.4. The smallest absolute Gasteiger partial charge is 0.141 e. The molecular weight excluding hydrogens is 363 g/mol. The third-order valence-electron chi connectivity index (χ3n) is 5.48. The Bertz CT molecular complexity index is 925. The molecule has 0 saturated heterocycles. The molecule has 1 aliphatic carbocycles. The Hall–Kier alpha value is -2.82. The van der Waals surface area contributed by atoms with Crippen LogP contribution >= 0.6 is 0 Å². The van der Waals surface area contributed by atoms with Crippen molar-refractivity contribution in [3.05, 3.63) is 65.9 Å². The van der Waals surface area contributed by atoms with Crippen LogP contribution in [0, 0.1) is 5.82 Å². The van der Waals surface area contributed by atoms with E-state index in [-0.39, 0.29) is 5.82 Å². The van der Waals surface area contributed by atoms with E-state index in [1.807, 2.05) is 19.9 Å². The van der Waals surface area contributed by atoms with Crippen molar-refractivity contribution in [3.8, 4) is 11.3 Å². The maximum Gasteiger partial charge on any atom is 0.141 e. The summed E-state index contributed by atoms with van der Waals surface area (Å²) >= 11 is 0. The normalized spacial score (nSPS) is 15.7. The Morgan fingerprint density at radius 2 is 1.97 bits per heavy atom. The Kier molecular flexibility index (Phi) is 6.91. The summed E-state index contributed by atoms with van der Waals surface area (Å²) in [5.41, 5.74) is 10.5. The molecule has 4 rings (SSSR count). The fraction of sp³-hybridized carbons (Fsp3) is 0.375. The topological polar surface area (TPSA) is 64.2 Å². The van der Waals surface area contributed by atoms with E-state index in [1.165, 1.54) is 18.8 Å². The molecule has 0 radical (unpaired) electrons. The number of benzene rings is 1. The molecule has 1 saturated carbocycles. The average Bonchev–Trinajstić information content (AvgIpc) is 3.17. The quantitative estimate of drug-likeness (QED) is 0.655. The molecule has 1 aliphatic heterocycles. The van der Waals surface area contributed by atoms with Gasteiger partial charge in [0.25, 0.3) is 0 Å². The molecule has 152 valence electrons. The summed E-state index contributed by atoms with van der Waals surface area (Å²) in [7, 11) is 0. The Balaban J connectivity index is 0.00000117. The number of nitrogen functional groups attached to an aromatic ring is 1. The largest absolute Gasteiger partial charge is 0.382 e. The van der Waals surface area contributed by atoms with Crippen molar-refractivity contribution >= 4 is 11.5 Å². The molecule has 0 spiro atoms. The second-order valence-electron chi connectivity index (χ2n) is 7.16. The fourth-order valence-electron chi connectivity index (χ4n) is 3.72. The summed E-state index contributed by atoms with van der Waals surface area (Å²) in [6.07, 6.45) is 12.5. The van der Waals surface area contributed by atoms with Crippen LogP contribution in [-0.2, 0) is 6.42 Å². The van der Waals surface area contributed by atoms with Crippen LogP contribution < -0.4 is 5.73 Å². The molecule has 0 atom stereocenters. The third kappa shape index (κ3) is 4.61. The minimum Gasteiger partial charge on any atom is -0.382 e. The van der Waals surface area contributed by atoms with Crippen molar-refractivity contribution in [2.45, 2.75) is 58.3 Å². The van der Waals surface area contributed by atoms with Gasteiger partial charge in [-0.25, -0.2) is 9.37 Å². The van der Waals surface area contributed by atoms with Gasteiger partial charge in [-0.2, -0.15) is 0 Å². The van der Waals surface area contributed by atoms with Crippen molar-refractivity contribution in [2.24, 2.45) is 4.99 Å². The first kappa shape index (κ1) is 20.9. The van der Waals surface area contributed by atoms with Gasteiger partial charge in [-0.3, -0.25) is 9.98 Å². The Labute approximate surface area is 172 Å². The summed E-state index contributed by atoms with van der Waals surface area (Å²) < 4.78 is 15.5. The number of aliphatic imine (C=N–C) groups is 1. The molecule has 1 aromatic carbocycles. The minimum atomic E-state index is -0.186. The van der Waals surface area contributed by atoms with Crippen LogP contribution in [0.5, 0.6) is 0 Å². The minimum absolute atomic E-state index is 0.186. The van der Waals surface area contributed by atoms with Crippen LogP contribution in [-0.4, -0.2) is 15.7 Å². The third-order valence-corrected chi connectivity index (χ3v) is 5.48. The highest BCUT2D eigenvalue weighted by Gasteiger charge is 2.25. The molecule has 2 N–H and O–H groups in total. The zero-order chi connectivity index (χ0) is 20.8. The lowest BCUT2D eigenvalue weighted by Crippen LogP contribution is -2.14. The average molecular weight is 393 g/mol. The number of aromatic nitrogens is 2. The molecule has 0 amide bonds. The van der Waals surface area contributed by atoms with Crippen LogP contribution in [0.2, 0.25) is 0 Å². The van der Waals surface area contributed by atoms with Gasteiger partial charge in [-0.15, -0.1) is 0 Å². The first-order valence-corrected chi connectivity index (χ1v) is 10.4. The summed E-state index contributed by atoms with van der Waals surface area (Å²) in [4.78, 5) is 12.8. The van der Waals surface area contributed by atoms with E-state index in [4.69, 9.17) is 5.73 Å². The summed E-state index contributed by atoms with van der Waals surface area (Å²) in [5.74, 6) is 0.609. The fourth-order valence-corrected chi connectivity index (χ4v) is 3.72. The molecule has 0 unspecified atom stereocenters. The number of nitrogens with zero attached hydrogens (tertiary/aromatic N) is 3. The lowest BCUT2D eigenvalue weighted by atomic mass is 9.77. The van der Waals surface area contributed by atoms with Crippen molar-refractivity contribution in [3.63, 3.8) is 0 Å². The van der Waals surface area contributed by atoms with E-state index in [9.17, 15) is 0 Å². The van der Waals surface area contributed by atoms with E-state index in [0.717, 1.165) is 48.2 Å². The standard InChI is InChI=1S/C22H23FN4.C2H6/c1-2-15-6-7-16(27-15)8-9-18-17(14-4-3-5-14)10-11-19(22(18)23)20-12-26-21(24)13-25-20;1-2/h2,6,10-14H,1,3-5,7-9H2,(H2,24,26);1-2H3. The van der Waals surface area contributed by atoms with Gasteiger partial charge in [-0.05, 0) is 54.9 Å². The van der Waals surface area contributed by atoms with Crippen molar-refractivity contribution < 1.29 is 4.39 Å². The molecule has 29 heavy (non-hydrogen) atoms. The molecule has 2 aromatic rings. The highest BCUT2D eigenvalue weighted by Crippen LogP contribution is 2.40. The SMILES string of the molecule is C=CC1=CCC(CCc2c(C3CCC3)ccc(-c3cnc(N)cn3)c2F)=N1.CC. The number of anilines is 1. The van der Waals surface area contributed by atoms with E-state index < -0.39 is 0 Å². The van der Waals surface area contributed by atoms with Gasteiger partial charge < -0.3 is 5.73 Å². The lowest BCUT2D eigenvalue weighted by molar-refractivity contribution is 0.414. The van der Waals surface area contributed by atoms with Crippen LogP contribution in [0.4, 0.5) is 10.2 Å². The van der Waals surface area contributed by atoms with Crippen LogP contribution in [0.15, 0.2) is 53.9 Å². The van der Waals surface area contributed by atoms with Gasteiger partial charge >= 0.3 is 0 Å². The van der Waals surface area contributed by atoms with Gasteiger partial charge in [0.1, 0.15) is 11.6 Å². The second-order valence-corrected chi connectivity index (χ2v) is 7.16. The number of rotatable bonds is 6. The van der Waals surface area contributed by atoms with E-state index >= 15 is 4.39 Å². The summed E-state index contributed by atoms with van der Waals surface area (Å²) in [6, 6.07) is 3.90. The van der Waals surface area contributed by atoms with E-state index in [0.29, 0.717) is 29.4 Å². The molecule has 1 fully saturated rings. The van der Waals surface area contributed by atoms with Crippen LogP contribution in [0.25, 0.3) is 11.3 Å². The first-order chi connectivity index (χ1) is 14.2. The molecule has 4 nitrogen and oxygen atoms in total. The van der Waals surface area contributed by atoms with E-state index in [1.54, 1.807) is 6.08 Å². The van der Waals surface area contributed by atoms with Crippen molar-refractivity contribution in [1.29, 1.82) is 0 Å². The number of hydrogen-bond acceptors (Lipinski definition) is 4. The summed E-state index contributed by atoms with van der Waals surface area (Å²) in [6.45, 7) is 7.76. The van der Waals surface area contributed by atoms with Gasteiger partial charge in [0, 0.05) is 17.7 Å². The predicted octanol–water partition coefficient (Wildman–Crippen LogP) is 6.01. The molecule has 2 heterocycles. The molecule has 5 heteroatoms.